The van der Waals surface area contributed by atoms with E-state index in [1.165, 1.54) is 11.1 Å². The number of H-pyrrole nitrogens is 1. The first-order valence-corrected chi connectivity index (χ1v) is 11.2. The third kappa shape index (κ3) is 3.46. The summed E-state index contributed by atoms with van der Waals surface area (Å²) in [6.07, 6.45) is 1.81. The minimum Gasteiger partial charge on any atom is -0.497 e. The van der Waals surface area contributed by atoms with Gasteiger partial charge in [-0.05, 0) is 55.7 Å². The maximum Gasteiger partial charge on any atom is 0.513 e. The van der Waals surface area contributed by atoms with Gasteiger partial charge in [-0.1, -0.05) is 13.3 Å². The number of aromatic nitrogens is 1. The highest BCUT2D eigenvalue weighted by Crippen LogP contribution is 2.45. The molecule has 7 nitrogen and oxygen atoms in total. The fourth-order valence-electron chi connectivity index (χ4n) is 4.77. The number of hydrogen-bond acceptors (Lipinski definition) is 6. The van der Waals surface area contributed by atoms with Gasteiger partial charge in [0, 0.05) is 24.2 Å². The highest BCUT2D eigenvalue weighted by atomic mass is 16.7. The lowest BCUT2D eigenvalue weighted by Gasteiger charge is -2.41. The van der Waals surface area contributed by atoms with Crippen molar-refractivity contribution in [3.05, 3.63) is 52.7 Å². The van der Waals surface area contributed by atoms with Crippen LogP contribution in [-0.2, 0) is 24.1 Å². The molecule has 7 heteroatoms. The average molecular weight is 437 g/mol. The van der Waals surface area contributed by atoms with Crippen molar-refractivity contribution in [2.24, 2.45) is 0 Å². The van der Waals surface area contributed by atoms with Crippen LogP contribution in [0.4, 0.5) is 4.79 Å². The molecule has 0 spiro atoms. The number of hydrogen-bond donors (Lipinski definition) is 1. The number of benzene rings is 2. The average Bonchev–Trinajstić information content (AvgIpc) is 3.15. The second-order valence-corrected chi connectivity index (χ2v) is 8.19. The van der Waals surface area contributed by atoms with Crippen molar-refractivity contribution < 1.29 is 23.7 Å². The number of carbonyl (C=O) groups is 1. The predicted molar refractivity (Wildman–Crippen MR) is 120 cm³/mol. The zero-order valence-corrected chi connectivity index (χ0v) is 18.7. The van der Waals surface area contributed by atoms with Crippen LogP contribution in [0.2, 0.25) is 0 Å². The smallest absolute Gasteiger partial charge is 0.497 e. The highest BCUT2D eigenvalue weighted by molar-refractivity contribution is 5.94. The molecular weight excluding hydrogens is 408 g/mol. The summed E-state index contributed by atoms with van der Waals surface area (Å²) >= 11 is 0. The monoisotopic (exact) mass is 436 g/mol. The summed E-state index contributed by atoms with van der Waals surface area (Å²) < 4.78 is 22.7. The van der Waals surface area contributed by atoms with Gasteiger partial charge in [0.2, 0.25) is 0 Å². The normalized spacial score (nSPS) is 17.2. The predicted octanol–water partition coefficient (Wildman–Crippen LogP) is 5.11. The lowest BCUT2D eigenvalue weighted by Crippen LogP contribution is -2.40. The van der Waals surface area contributed by atoms with E-state index in [0.717, 1.165) is 59.5 Å². The number of rotatable bonds is 5. The van der Waals surface area contributed by atoms with E-state index >= 15 is 0 Å². The van der Waals surface area contributed by atoms with E-state index in [-0.39, 0.29) is 12.8 Å². The molecule has 0 amide bonds. The van der Waals surface area contributed by atoms with E-state index in [2.05, 4.69) is 28.9 Å². The Labute approximate surface area is 187 Å². The van der Waals surface area contributed by atoms with Crippen LogP contribution in [0.3, 0.4) is 0 Å². The van der Waals surface area contributed by atoms with E-state index in [4.69, 9.17) is 18.9 Å². The summed E-state index contributed by atoms with van der Waals surface area (Å²) in [6.45, 7) is 5.73. The molecule has 3 aromatic rings. The maximum atomic E-state index is 12.2. The summed E-state index contributed by atoms with van der Waals surface area (Å²) in [5.41, 5.74) is 5.31. The fraction of sp³-hybridized carbons (Fsp3) is 0.400. The van der Waals surface area contributed by atoms with Gasteiger partial charge in [-0.3, -0.25) is 4.90 Å². The Kier molecular flexibility index (Phi) is 5.43. The Bertz CT molecular complexity index is 1170. The minimum absolute atomic E-state index is 0.141. The van der Waals surface area contributed by atoms with Crippen LogP contribution in [0, 0.1) is 0 Å². The van der Waals surface area contributed by atoms with Crippen LogP contribution in [0.1, 0.15) is 48.9 Å². The molecule has 1 aromatic heterocycles. The number of fused-ring (bicyclic) bond motifs is 6. The van der Waals surface area contributed by atoms with Crippen LogP contribution in [0.15, 0.2) is 30.3 Å². The first kappa shape index (κ1) is 20.7. The largest absolute Gasteiger partial charge is 0.513 e. The van der Waals surface area contributed by atoms with Gasteiger partial charge in [0.05, 0.1) is 30.3 Å². The van der Waals surface area contributed by atoms with E-state index < -0.39 is 6.16 Å². The number of aromatic amines is 1. The van der Waals surface area contributed by atoms with E-state index in [1.54, 1.807) is 14.0 Å². The van der Waals surface area contributed by atoms with Gasteiger partial charge in [0.25, 0.3) is 0 Å². The Morgan fingerprint density at radius 2 is 2.12 bits per heavy atom. The van der Waals surface area contributed by atoms with Crippen molar-refractivity contribution in [2.45, 2.75) is 45.9 Å². The van der Waals surface area contributed by atoms with Crippen molar-refractivity contribution in [1.29, 1.82) is 0 Å². The molecule has 2 aliphatic rings. The zero-order chi connectivity index (χ0) is 22.2. The second-order valence-electron chi connectivity index (χ2n) is 8.19. The molecule has 0 saturated heterocycles. The van der Waals surface area contributed by atoms with Crippen LogP contribution in [-0.4, -0.2) is 36.3 Å². The maximum absolute atomic E-state index is 12.2. The molecule has 1 N–H and O–H groups in total. The SMILES string of the molecule is CCCc1[nH]c2ccc3c(c2c1OC(=O)OCC)CN1CCc2cc(OC)ccc2C1O3. The number of nitrogens with one attached hydrogen (secondary N) is 1. The number of aryl methyl sites for hydroxylation is 1. The molecule has 0 radical (unpaired) electrons. The fourth-order valence-corrected chi connectivity index (χ4v) is 4.77. The van der Waals surface area contributed by atoms with Gasteiger partial charge in [-0.2, -0.15) is 0 Å². The summed E-state index contributed by atoms with van der Waals surface area (Å²) in [6, 6.07) is 10.2. The number of nitrogens with zero attached hydrogens (tertiary/aromatic N) is 1. The number of ether oxygens (including phenoxy) is 4. The van der Waals surface area contributed by atoms with Crippen LogP contribution in [0.5, 0.6) is 17.2 Å². The first-order valence-electron chi connectivity index (χ1n) is 11.2. The first-order chi connectivity index (χ1) is 15.6. The second kappa shape index (κ2) is 8.39. The van der Waals surface area contributed by atoms with Crippen LogP contribution in [0.25, 0.3) is 10.9 Å². The van der Waals surface area contributed by atoms with Gasteiger partial charge < -0.3 is 23.9 Å². The molecule has 1 unspecified atom stereocenters. The quantitative estimate of drug-likeness (QED) is 0.560. The van der Waals surface area contributed by atoms with E-state index in [9.17, 15) is 4.79 Å². The molecule has 0 fully saturated rings. The lowest BCUT2D eigenvalue weighted by atomic mass is 9.95. The van der Waals surface area contributed by atoms with E-state index in [1.807, 2.05) is 18.2 Å². The Hall–Kier alpha value is -3.19. The van der Waals surface area contributed by atoms with Gasteiger partial charge >= 0.3 is 6.16 Å². The summed E-state index contributed by atoms with van der Waals surface area (Å²) in [5, 5.41) is 0.901. The molecule has 2 aromatic carbocycles. The molecule has 0 aliphatic carbocycles. The number of carbonyl (C=O) groups excluding carboxylic acids is 1. The molecule has 2 aliphatic heterocycles. The minimum atomic E-state index is -0.682. The van der Waals surface area contributed by atoms with Crippen LogP contribution >= 0.6 is 0 Å². The summed E-state index contributed by atoms with van der Waals surface area (Å²) in [7, 11) is 1.69. The van der Waals surface area contributed by atoms with Gasteiger partial charge in [-0.15, -0.1) is 0 Å². The molecule has 0 saturated carbocycles. The Balaban J connectivity index is 1.57. The number of methoxy groups -OCH3 is 1. The topological polar surface area (TPSA) is 73.0 Å². The standard InChI is InChI=1S/C25H28N2O5/c1-4-6-20-23(32-25(28)30-5-2)22-18-14-27-12-11-15-13-16(29-3)7-8-17(15)24(27)31-21(18)10-9-19(22)26-20/h7-10,13,24,26H,4-6,11-12,14H2,1-3H3. The highest BCUT2D eigenvalue weighted by Gasteiger charge is 2.35. The van der Waals surface area contributed by atoms with Gasteiger partial charge in [-0.25, -0.2) is 4.79 Å². The molecule has 5 rings (SSSR count). The zero-order valence-electron chi connectivity index (χ0n) is 18.7. The van der Waals surface area contributed by atoms with Gasteiger partial charge in [0.15, 0.2) is 12.0 Å². The third-order valence-electron chi connectivity index (χ3n) is 6.22. The van der Waals surface area contributed by atoms with Gasteiger partial charge in [0.1, 0.15) is 11.5 Å². The van der Waals surface area contributed by atoms with Crippen molar-refractivity contribution in [3.63, 3.8) is 0 Å². The Morgan fingerprint density at radius 3 is 2.91 bits per heavy atom. The van der Waals surface area contributed by atoms with Crippen molar-refractivity contribution in [3.8, 4) is 17.2 Å². The third-order valence-corrected chi connectivity index (χ3v) is 6.22. The molecule has 0 bridgehead atoms. The molecule has 1 atom stereocenters. The lowest BCUT2D eigenvalue weighted by molar-refractivity contribution is -0.00964. The van der Waals surface area contributed by atoms with Crippen molar-refractivity contribution in [1.82, 2.24) is 9.88 Å². The van der Waals surface area contributed by atoms with Crippen molar-refractivity contribution in [2.75, 3.05) is 20.3 Å². The Morgan fingerprint density at radius 1 is 1.25 bits per heavy atom. The molecule has 3 heterocycles. The summed E-state index contributed by atoms with van der Waals surface area (Å²) in [5.74, 6) is 2.24. The van der Waals surface area contributed by atoms with Crippen LogP contribution < -0.4 is 14.2 Å². The van der Waals surface area contributed by atoms with Crippen molar-refractivity contribution >= 4 is 17.1 Å². The molecular formula is C25H28N2O5. The molecule has 32 heavy (non-hydrogen) atoms. The summed E-state index contributed by atoms with van der Waals surface area (Å²) in [4.78, 5) is 18.0. The van der Waals surface area contributed by atoms with E-state index in [0.29, 0.717) is 12.3 Å². The molecule has 168 valence electrons.